The average molecular weight is 374 g/mol. The first-order valence-corrected chi connectivity index (χ1v) is 8.89. The predicted molar refractivity (Wildman–Crippen MR) is 102 cm³/mol. The van der Waals surface area contributed by atoms with E-state index in [2.05, 4.69) is 15.6 Å². The number of para-hydroxylation sites is 1. The van der Waals surface area contributed by atoms with Crippen LogP contribution in [0.4, 0.5) is 0 Å². The third-order valence-electron chi connectivity index (χ3n) is 4.26. The van der Waals surface area contributed by atoms with Crippen LogP contribution in [-0.2, 0) is 20.8 Å². The van der Waals surface area contributed by atoms with Crippen LogP contribution in [0.15, 0.2) is 30.5 Å². The summed E-state index contributed by atoms with van der Waals surface area (Å²) in [5.41, 5.74) is 7.12. The molecule has 0 aliphatic rings. The molecular weight excluding hydrogens is 348 g/mol. The van der Waals surface area contributed by atoms with Gasteiger partial charge in [-0.15, -0.1) is 0 Å². The van der Waals surface area contributed by atoms with E-state index in [9.17, 15) is 19.5 Å². The monoisotopic (exact) mass is 374 g/mol. The van der Waals surface area contributed by atoms with Crippen molar-refractivity contribution in [2.75, 3.05) is 6.54 Å². The molecule has 2 aromatic rings. The highest BCUT2D eigenvalue weighted by Crippen LogP contribution is 2.19. The second kappa shape index (κ2) is 9.18. The molecule has 0 unspecified atom stereocenters. The highest BCUT2D eigenvalue weighted by Gasteiger charge is 2.27. The van der Waals surface area contributed by atoms with Crippen molar-refractivity contribution in [3.8, 4) is 0 Å². The van der Waals surface area contributed by atoms with Gasteiger partial charge in [-0.2, -0.15) is 0 Å². The zero-order valence-corrected chi connectivity index (χ0v) is 15.5. The van der Waals surface area contributed by atoms with Crippen molar-refractivity contribution in [2.45, 2.75) is 38.8 Å². The summed E-state index contributed by atoms with van der Waals surface area (Å²) < 4.78 is 0. The lowest BCUT2D eigenvalue weighted by Gasteiger charge is -2.22. The standard InChI is InChI=1S/C19H26N4O4/c1-11(2)7-16(19(26)27)23-18(25)15(22-17(24)9-20)8-12-10-21-14-6-4-3-5-13(12)14/h3-6,10-11,15-16,21H,7-9,20H2,1-2H3,(H,22,24)(H,23,25)(H,26,27)/t15-,16-/m0/s1. The summed E-state index contributed by atoms with van der Waals surface area (Å²) in [4.78, 5) is 39.0. The van der Waals surface area contributed by atoms with Gasteiger partial charge in [-0.1, -0.05) is 32.0 Å². The maximum atomic E-state index is 12.7. The molecular formula is C19H26N4O4. The summed E-state index contributed by atoms with van der Waals surface area (Å²) in [6, 6.07) is 5.67. The van der Waals surface area contributed by atoms with Gasteiger partial charge in [0.2, 0.25) is 11.8 Å². The van der Waals surface area contributed by atoms with Gasteiger partial charge in [0, 0.05) is 23.5 Å². The average Bonchev–Trinajstić information content (AvgIpc) is 3.03. The van der Waals surface area contributed by atoms with E-state index in [1.165, 1.54) is 0 Å². The van der Waals surface area contributed by atoms with E-state index in [4.69, 9.17) is 5.73 Å². The molecule has 2 amide bonds. The molecule has 1 aromatic heterocycles. The van der Waals surface area contributed by atoms with Gasteiger partial charge in [0.15, 0.2) is 0 Å². The Bertz CT molecular complexity index is 815. The molecule has 2 rings (SSSR count). The van der Waals surface area contributed by atoms with Crippen molar-refractivity contribution in [1.82, 2.24) is 15.6 Å². The maximum Gasteiger partial charge on any atom is 0.326 e. The Morgan fingerprint density at radius 1 is 1.15 bits per heavy atom. The lowest BCUT2D eigenvalue weighted by atomic mass is 10.0. The molecule has 0 spiro atoms. The number of hydrogen-bond donors (Lipinski definition) is 5. The maximum absolute atomic E-state index is 12.7. The van der Waals surface area contributed by atoms with E-state index in [1.54, 1.807) is 6.20 Å². The number of hydrogen-bond acceptors (Lipinski definition) is 4. The second-order valence-corrected chi connectivity index (χ2v) is 6.92. The molecule has 27 heavy (non-hydrogen) atoms. The fourth-order valence-electron chi connectivity index (χ4n) is 2.95. The van der Waals surface area contributed by atoms with Crippen molar-refractivity contribution >= 4 is 28.7 Å². The number of carbonyl (C=O) groups excluding carboxylic acids is 2. The number of amides is 2. The zero-order chi connectivity index (χ0) is 20.0. The fourth-order valence-corrected chi connectivity index (χ4v) is 2.95. The van der Waals surface area contributed by atoms with Gasteiger partial charge in [0.05, 0.1) is 6.54 Å². The lowest BCUT2D eigenvalue weighted by molar-refractivity contribution is -0.142. The van der Waals surface area contributed by atoms with Crippen molar-refractivity contribution < 1.29 is 19.5 Å². The van der Waals surface area contributed by atoms with Crippen molar-refractivity contribution in [1.29, 1.82) is 0 Å². The lowest BCUT2D eigenvalue weighted by Crippen LogP contribution is -2.53. The molecule has 8 nitrogen and oxygen atoms in total. The van der Waals surface area contributed by atoms with Crippen LogP contribution < -0.4 is 16.4 Å². The number of benzene rings is 1. The van der Waals surface area contributed by atoms with E-state index >= 15 is 0 Å². The molecule has 0 bridgehead atoms. The third-order valence-corrected chi connectivity index (χ3v) is 4.26. The van der Waals surface area contributed by atoms with Crippen molar-refractivity contribution in [3.63, 3.8) is 0 Å². The van der Waals surface area contributed by atoms with E-state index in [0.29, 0.717) is 6.42 Å². The smallest absolute Gasteiger partial charge is 0.326 e. The summed E-state index contributed by atoms with van der Waals surface area (Å²) in [6.45, 7) is 3.50. The van der Waals surface area contributed by atoms with Crippen LogP contribution in [0.2, 0.25) is 0 Å². The Balaban J connectivity index is 2.21. The quantitative estimate of drug-likeness (QED) is 0.441. The van der Waals surface area contributed by atoms with Crippen LogP contribution in [-0.4, -0.2) is 46.5 Å². The number of nitrogens with one attached hydrogen (secondary N) is 3. The first kappa shape index (κ1) is 20.4. The largest absolute Gasteiger partial charge is 0.480 e. The van der Waals surface area contributed by atoms with Crippen LogP contribution >= 0.6 is 0 Å². The molecule has 0 saturated carbocycles. The minimum absolute atomic E-state index is 0.0945. The first-order valence-electron chi connectivity index (χ1n) is 8.89. The Labute approximate surface area is 157 Å². The number of H-pyrrole nitrogens is 1. The number of nitrogens with two attached hydrogens (primary N) is 1. The zero-order valence-electron chi connectivity index (χ0n) is 15.5. The molecule has 0 fully saturated rings. The number of carboxylic acid groups (broad SMARTS) is 1. The Morgan fingerprint density at radius 3 is 2.48 bits per heavy atom. The minimum atomic E-state index is -1.10. The van der Waals surface area contributed by atoms with Crippen LogP contribution in [0, 0.1) is 5.92 Å². The number of rotatable bonds is 9. The summed E-state index contributed by atoms with van der Waals surface area (Å²) >= 11 is 0. The Morgan fingerprint density at radius 2 is 1.85 bits per heavy atom. The van der Waals surface area contributed by atoms with Crippen molar-refractivity contribution in [3.05, 3.63) is 36.0 Å². The van der Waals surface area contributed by atoms with E-state index in [0.717, 1.165) is 16.5 Å². The summed E-state index contributed by atoms with van der Waals surface area (Å²) in [7, 11) is 0. The topological polar surface area (TPSA) is 137 Å². The molecule has 1 aromatic carbocycles. The molecule has 0 aliphatic heterocycles. The molecule has 8 heteroatoms. The van der Waals surface area contributed by atoms with Crippen LogP contribution in [0.5, 0.6) is 0 Å². The summed E-state index contributed by atoms with van der Waals surface area (Å²) in [6.07, 6.45) is 2.30. The number of aromatic amines is 1. The first-order chi connectivity index (χ1) is 12.8. The molecule has 2 atom stereocenters. The molecule has 0 aliphatic carbocycles. The van der Waals surface area contributed by atoms with Gasteiger partial charge in [0.25, 0.3) is 0 Å². The van der Waals surface area contributed by atoms with Gasteiger partial charge in [-0.3, -0.25) is 9.59 Å². The summed E-state index contributed by atoms with van der Waals surface area (Å²) in [5.74, 6) is -2.04. The van der Waals surface area contributed by atoms with E-state index < -0.39 is 29.9 Å². The van der Waals surface area contributed by atoms with Gasteiger partial charge >= 0.3 is 5.97 Å². The fraction of sp³-hybridized carbons (Fsp3) is 0.421. The molecule has 0 saturated heterocycles. The Kier molecular flexibility index (Phi) is 6.95. The highest BCUT2D eigenvalue weighted by molar-refractivity contribution is 5.92. The predicted octanol–water partition coefficient (Wildman–Crippen LogP) is 0.769. The second-order valence-electron chi connectivity index (χ2n) is 6.92. The third kappa shape index (κ3) is 5.55. The molecule has 1 heterocycles. The Hall–Kier alpha value is -2.87. The van der Waals surface area contributed by atoms with Crippen LogP contribution in [0.25, 0.3) is 10.9 Å². The summed E-state index contributed by atoms with van der Waals surface area (Å²) in [5, 5.41) is 15.4. The number of fused-ring (bicyclic) bond motifs is 1. The van der Waals surface area contributed by atoms with Gasteiger partial charge in [-0.25, -0.2) is 4.79 Å². The number of carbonyl (C=O) groups is 3. The van der Waals surface area contributed by atoms with Crippen molar-refractivity contribution in [2.24, 2.45) is 11.7 Å². The normalized spacial score (nSPS) is 13.3. The van der Waals surface area contributed by atoms with Gasteiger partial charge in [0.1, 0.15) is 12.1 Å². The van der Waals surface area contributed by atoms with E-state index in [-0.39, 0.29) is 18.9 Å². The molecule has 6 N–H and O–H groups in total. The SMILES string of the molecule is CC(C)C[C@H](NC(=O)[C@H](Cc1c[nH]c2ccccc12)NC(=O)CN)C(=O)O. The molecule has 146 valence electrons. The van der Waals surface area contributed by atoms with Crippen LogP contribution in [0.1, 0.15) is 25.8 Å². The number of carboxylic acids is 1. The molecule has 0 radical (unpaired) electrons. The van der Waals surface area contributed by atoms with Gasteiger partial charge in [-0.05, 0) is 24.0 Å². The highest BCUT2D eigenvalue weighted by atomic mass is 16.4. The van der Waals surface area contributed by atoms with E-state index in [1.807, 2.05) is 38.1 Å². The van der Waals surface area contributed by atoms with Crippen LogP contribution in [0.3, 0.4) is 0 Å². The van der Waals surface area contributed by atoms with Gasteiger partial charge < -0.3 is 26.5 Å². The minimum Gasteiger partial charge on any atom is -0.480 e. The number of aliphatic carboxylic acids is 1. The number of aromatic nitrogens is 1.